The smallest absolute Gasteiger partial charge is 0.319 e. The first-order chi connectivity index (χ1) is 4.33. The van der Waals surface area contributed by atoms with E-state index in [4.69, 9.17) is 0 Å². The third-order valence-corrected chi connectivity index (χ3v) is 1.38. The molecule has 1 rings (SSSR count). The zero-order valence-electron chi connectivity index (χ0n) is 5.33. The van der Waals surface area contributed by atoms with Gasteiger partial charge >= 0.3 is 5.97 Å². The zero-order chi connectivity index (χ0) is 6.69. The Labute approximate surface area is 53.7 Å². The lowest BCUT2D eigenvalue weighted by Crippen LogP contribution is -2.15. The predicted octanol–water partition coefficient (Wildman–Crippen LogP) is 0.945. The van der Waals surface area contributed by atoms with Crippen LogP contribution in [0.25, 0.3) is 0 Å². The van der Waals surface area contributed by atoms with Crippen LogP contribution >= 0.6 is 0 Å². The fraction of sp³-hybridized carbons (Fsp3) is 0.667. The van der Waals surface area contributed by atoms with Gasteiger partial charge < -0.3 is 4.84 Å². The molecular formula is C6H9NO2. The van der Waals surface area contributed by atoms with Crippen molar-refractivity contribution in [2.75, 3.05) is 0 Å². The number of hydrogen-bond acceptors (Lipinski definition) is 3. The van der Waals surface area contributed by atoms with Crippen molar-refractivity contribution in [1.82, 2.24) is 0 Å². The third kappa shape index (κ3) is 1.52. The minimum absolute atomic E-state index is 0.218. The summed E-state index contributed by atoms with van der Waals surface area (Å²) in [6, 6.07) is 0. The van der Waals surface area contributed by atoms with Crippen molar-refractivity contribution in [3.63, 3.8) is 0 Å². The molecule has 1 atom stereocenters. The van der Waals surface area contributed by atoms with E-state index in [0.29, 0.717) is 12.3 Å². The zero-order valence-corrected chi connectivity index (χ0v) is 5.33. The summed E-state index contributed by atoms with van der Waals surface area (Å²) in [5.41, 5.74) is 0. The number of rotatable bonds is 1. The fourth-order valence-electron chi connectivity index (χ4n) is 0.729. The molecule has 0 aromatic carbocycles. The van der Waals surface area contributed by atoms with Gasteiger partial charge in [0, 0.05) is 12.1 Å². The van der Waals surface area contributed by atoms with Crippen molar-refractivity contribution in [2.45, 2.75) is 19.8 Å². The monoisotopic (exact) mass is 127 g/mol. The molecule has 0 aromatic heterocycles. The van der Waals surface area contributed by atoms with E-state index in [1.165, 1.54) is 0 Å². The summed E-state index contributed by atoms with van der Waals surface area (Å²) in [7, 11) is 0. The molecule has 9 heavy (non-hydrogen) atoms. The predicted molar refractivity (Wildman–Crippen MR) is 33.0 cm³/mol. The Kier molecular flexibility index (Phi) is 1.82. The lowest BCUT2D eigenvalue weighted by Gasteiger charge is -2.09. The molecule has 0 aromatic rings. The minimum atomic E-state index is -0.218. The van der Waals surface area contributed by atoms with Crippen molar-refractivity contribution < 1.29 is 9.63 Å². The quantitative estimate of drug-likeness (QED) is 0.492. The van der Waals surface area contributed by atoms with E-state index in [1.807, 2.05) is 6.92 Å². The maximum atomic E-state index is 10.5. The van der Waals surface area contributed by atoms with Crippen molar-refractivity contribution >= 4 is 12.2 Å². The van der Waals surface area contributed by atoms with Crippen LogP contribution in [0.15, 0.2) is 5.16 Å². The summed E-state index contributed by atoms with van der Waals surface area (Å²) < 4.78 is 0. The van der Waals surface area contributed by atoms with Crippen LogP contribution in [0.3, 0.4) is 0 Å². The number of oxime groups is 1. The summed E-state index contributed by atoms with van der Waals surface area (Å²) in [5.74, 6) is 0.0793. The van der Waals surface area contributed by atoms with Crippen LogP contribution in [0.2, 0.25) is 0 Å². The Hall–Kier alpha value is -0.860. The Morgan fingerprint density at radius 3 is 3.22 bits per heavy atom. The molecule has 1 aliphatic rings. The van der Waals surface area contributed by atoms with Gasteiger partial charge in [0.25, 0.3) is 0 Å². The molecule has 1 aliphatic heterocycles. The van der Waals surface area contributed by atoms with E-state index in [2.05, 4.69) is 9.99 Å². The second kappa shape index (κ2) is 2.62. The van der Waals surface area contributed by atoms with Gasteiger partial charge in [0.1, 0.15) is 0 Å². The second-order valence-corrected chi connectivity index (χ2v) is 2.09. The Balaban J connectivity index is 2.49. The van der Waals surface area contributed by atoms with Gasteiger partial charge in [-0.2, -0.15) is 0 Å². The van der Waals surface area contributed by atoms with Crippen LogP contribution in [0, 0.1) is 5.92 Å². The minimum Gasteiger partial charge on any atom is -0.319 e. The third-order valence-electron chi connectivity index (χ3n) is 1.38. The number of carbonyl (C=O) groups excluding carboxylic acids is 1. The number of nitrogens with zero attached hydrogens (tertiary/aromatic N) is 1. The van der Waals surface area contributed by atoms with Crippen LogP contribution in [-0.4, -0.2) is 12.2 Å². The first-order valence-electron chi connectivity index (χ1n) is 3.06. The molecule has 0 fully saturated rings. The maximum absolute atomic E-state index is 10.5. The molecule has 0 saturated heterocycles. The fourth-order valence-corrected chi connectivity index (χ4v) is 0.729. The topological polar surface area (TPSA) is 38.7 Å². The first-order valence-corrected chi connectivity index (χ1v) is 3.06. The van der Waals surface area contributed by atoms with Crippen molar-refractivity contribution in [2.24, 2.45) is 11.1 Å². The van der Waals surface area contributed by atoms with E-state index < -0.39 is 0 Å². The summed E-state index contributed by atoms with van der Waals surface area (Å²) in [6.45, 7) is 2.02. The molecule has 3 heteroatoms. The van der Waals surface area contributed by atoms with Crippen LogP contribution < -0.4 is 0 Å². The molecule has 0 radical (unpaired) electrons. The highest BCUT2D eigenvalue weighted by atomic mass is 16.7. The summed E-state index contributed by atoms with van der Waals surface area (Å²) in [4.78, 5) is 14.8. The number of carbonyl (C=O) groups is 1. The van der Waals surface area contributed by atoms with E-state index in [0.717, 1.165) is 6.42 Å². The van der Waals surface area contributed by atoms with Gasteiger partial charge in [0.2, 0.25) is 0 Å². The van der Waals surface area contributed by atoms with Gasteiger partial charge in [0.05, 0.1) is 6.42 Å². The van der Waals surface area contributed by atoms with Crippen LogP contribution in [-0.2, 0) is 9.63 Å². The van der Waals surface area contributed by atoms with Crippen molar-refractivity contribution in [3.05, 3.63) is 0 Å². The lowest BCUT2D eigenvalue weighted by atomic mass is 10.0. The van der Waals surface area contributed by atoms with Gasteiger partial charge in [-0.25, -0.2) is 4.79 Å². The average molecular weight is 127 g/mol. The Morgan fingerprint density at radius 1 is 2.00 bits per heavy atom. The first kappa shape index (κ1) is 6.26. The second-order valence-electron chi connectivity index (χ2n) is 2.09. The van der Waals surface area contributed by atoms with Crippen LogP contribution in [0.1, 0.15) is 19.8 Å². The van der Waals surface area contributed by atoms with E-state index >= 15 is 0 Å². The Morgan fingerprint density at radius 2 is 2.78 bits per heavy atom. The number of hydrogen-bond donors (Lipinski definition) is 0. The average Bonchev–Trinajstić information content (AvgIpc) is 1.88. The standard InChI is InChI=1S/C6H9NO2/c1-2-5-3-6(8)9-7-4-5/h4-5H,2-3H2,1H3. The molecule has 0 saturated carbocycles. The molecule has 1 unspecified atom stereocenters. The molecule has 50 valence electrons. The van der Waals surface area contributed by atoms with Gasteiger partial charge in [0.15, 0.2) is 0 Å². The summed E-state index contributed by atoms with van der Waals surface area (Å²) in [6.07, 6.45) is 3.12. The highest BCUT2D eigenvalue weighted by Gasteiger charge is 2.15. The molecule has 0 aliphatic carbocycles. The van der Waals surface area contributed by atoms with Crippen molar-refractivity contribution in [1.29, 1.82) is 0 Å². The molecule has 1 heterocycles. The molecule has 0 amide bonds. The van der Waals surface area contributed by atoms with Crippen LogP contribution in [0.4, 0.5) is 0 Å². The summed E-state index contributed by atoms with van der Waals surface area (Å²) >= 11 is 0. The molecule has 0 spiro atoms. The largest absolute Gasteiger partial charge is 0.335 e. The van der Waals surface area contributed by atoms with Gasteiger partial charge in [-0.15, -0.1) is 0 Å². The highest BCUT2D eigenvalue weighted by molar-refractivity contribution is 5.78. The van der Waals surface area contributed by atoms with E-state index in [1.54, 1.807) is 6.21 Å². The molecule has 0 bridgehead atoms. The Bertz CT molecular complexity index is 142. The molecular weight excluding hydrogens is 118 g/mol. The maximum Gasteiger partial charge on any atom is 0.335 e. The van der Waals surface area contributed by atoms with Crippen molar-refractivity contribution in [3.8, 4) is 0 Å². The van der Waals surface area contributed by atoms with E-state index in [-0.39, 0.29) is 5.97 Å². The van der Waals surface area contributed by atoms with E-state index in [9.17, 15) is 4.79 Å². The SMILES string of the molecule is CCC1C=NOC(=O)C1. The van der Waals surface area contributed by atoms with Crippen LogP contribution in [0.5, 0.6) is 0 Å². The highest BCUT2D eigenvalue weighted by Crippen LogP contribution is 2.10. The van der Waals surface area contributed by atoms with Gasteiger partial charge in [-0.3, -0.25) is 0 Å². The molecule has 0 N–H and O–H groups in total. The van der Waals surface area contributed by atoms with Gasteiger partial charge in [-0.1, -0.05) is 12.1 Å². The normalized spacial score (nSPS) is 25.9. The molecule has 3 nitrogen and oxygen atoms in total. The lowest BCUT2D eigenvalue weighted by molar-refractivity contribution is -0.145. The van der Waals surface area contributed by atoms with Gasteiger partial charge in [-0.05, 0) is 6.42 Å². The summed E-state index contributed by atoms with van der Waals surface area (Å²) in [5, 5.41) is 3.44.